The lowest BCUT2D eigenvalue weighted by Crippen LogP contribution is -2.54. The van der Waals surface area contributed by atoms with Gasteiger partial charge in [0.1, 0.15) is 0 Å². The van der Waals surface area contributed by atoms with Gasteiger partial charge in [-0.3, -0.25) is 4.79 Å². The average molecular weight is 297 g/mol. The third-order valence-corrected chi connectivity index (χ3v) is 4.77. The molecule has 2 rings (SSSR count). The molecule has 0 saturated carbocycles. The SMILES string of the molecule is CCCC1(C(=O)O)CCCN(C(=O)NC2CCN(C)C2)C1. The number of amides is 2. The van der Waals surface area contributed by atoms with Crippen molar-refractivity contribution in [1.82, 2.24) is 15.1 Å². The summed E-state index contributed by atoms with van der Waals surface area (Å²) < 4.78 is 0. The Morgan fingerprint density at radius 2 is 2.14 bits per heavy atom. The van der Waals surface area contributed by atoms with Crippen LogP contribution in [-0.2, 0) is 4.79 Å². The number of hydrogen-bond donors (Lipinski definition) is 2. The highest BCUT2D eigenvalue weighted by Gasteiger charge is 2.43. The predicted octanol–water partition coefficient (Wildman–Crippen LogP) is 1.37. The van der Waals surface area contributed by atoms with Crippen molar-refractivity contribution in [3.63, 3.8) is 0 Å². The smallest absolute Gasteiger partial charge is 0.317 e. The second-order valence-electron chi connectivity index (χ2n) is 6.56. The van der Waals surface area contributed by atoms with E-state index in [-0.39, 0.29) is 12.1 Å². The molecule has 2 aliphatic rings. The Balaban J connectivity index is 1.96. The molecule has 6 heteroatoms. The second-order valence-corrected chi connectivity index (χ2v) is 6.56. The van der Waals surface area contributed by atoms with Crippen molar-refractivity contribution in [3.8, 4) is 0 Å². The summed E-state index contributed by atoms with van der Waals surface area (Å²) >= 11 is 0. The molecule has 6 nitrogen and oxygen atoms in total. The molecule has 0 bridgehead atoms. The van der Waals surface area contributed by atoms with Crippen LogP contribution >= 0.6 is 0 Å². The molecule has 2 fully saturated rings. The molecule has 0 aromatic heterocycles. The van der Waals surface area contributed by atoms with Crippen LogP contribution < -0.4 is 5.32 Å². The van der Waals surface area contributed by atoms with Crippen LogP contribution in [0.4, 0.5) is 4.79 Å². The van der Waals surface area contributed by atoms with Gasteiger partial charge in [-0.1, -0.05) is 13.3 Å². The van der Waals surface area contributed by atoms with E-state index >= 15 is 0 Å². The van der Waals surface area contributed by atoms with E-state index in [0.29, 0.717) is 25.9 Å². The van der Waals surface area contributed by atoms with Crippen LogP contribution in [0.2, 0.25) is 0 Å². The number of nitrogens with zero attached hydrogens (tertiary/aromatic N) is 2. The molecular weight excluding hydrogens is 270 g/mol. The van der Waals surface area contributed by atoms with Gasteiger partial charge in [0, 0.05) is 25.7 Å². The molecule has 2 amide bonds. The molecule has 2 atom stereocenters. The van der Waals surface area contributed by atoms with Gasteiger partial charge in [0.2, 0.25) is 0 Å². The molecule has 2 saturated heterocycles. The topological polar surface area (TPSA) is 72.9 Å². The number of carbonyl (C=O) groups is 2. The minimum atomic E-state index is -0.762. The number of carboxylic acids is 1. The Morgan fingerprint density at radius 3 is 2.71 bits per heavy atom. The van der Waals surface area contributed by atoms with E-state index in [9.17, 15) is 14.7 Å². The van der Waals surface area contributed by atoms with Gasteiger partial charge in [-0.2, -0.15) is 0 Å². The van der Waals surface area contributed by atoms with Gasteiger partial charge in [-0.05, 0) is 39.3 Å². The number of urea groups is 1. The Bertz CT molecular complexity index is 398. The fourth-order valence-corrected chi connectivity index (χ4v) is 3.59. The summed E-state index contributed by atoms with van der Waals surface area (Å²) in [5.41, 5.74) is -0.753. The highest BCUT2D eigenvalue weighted by Crippen LogP contribution is 2.35. The van der Waals surface area contributed by atoms with Crippen molar-refractivity contribution in [1.29, 1.82) is 0 Å². The third-order valence-electron chi connectivity index (χ3n) is 4.77. The first-order chi connectivity index (χ1) is 9.97. The summed E-state index contributed by atoms with van der Waals surface area (Å²) in [5, 5.41) is 12.6. The summed E-state index contributed by atoms with van der Waals surface area (Å²) in [7, 11) is 2.05. The van der Waals surface area contributed by atoms with Crippen molar-refractivity contribution in [2.45, 2.75) is 45.1 Å². The lowest BCUT2D eigenvalue weighted by Gasteiger charge is -2.40. The number of carboxylic acid groups (broad SMARTS) is 1. The van der Waals surface area contributed by atoms with Crippen LogP contribution in [0.3, 0.4) is 0 Å². The molecule has 120 valence electrons. The minimum Gasteiger partial charge on any atom is -0.481 e. The van der Waals surface area contributed by atoms with E-state index in [2.05, 4.69) is 10.2 Å². The number of hydrogen-bond acceptors (Lipinski definition) is 3. The van der Waals surface area contributed by atoms with Crippen molar-refractivity contribution in [2.75, 3.05) is 33.2 Å². The van der Waals surface area contributed by atoms with E-state index in [1.807, 2.05) is 14.0 Å². The van der Waals surface area contributed by atoms with Crippen molar-refractivity contribution >= 4 is 12.0 Å². The standard InChI is InChI=1S/C15H27N3O3/c1-3-6-15(13(19)20)7-4-8-18(11-15)14(21)16-12-5-9-17(2)10-12/h12H,3-11H2,1-2H3,(H,16,21)(H,19,20). The highest BCUT2D eigenvalue weighted by molar-refractivity contribution is 5.79. The molecule has 0 radical (unpaired) electrons. The average Bonchev–Trinajstić information content (AvgIpc) is 2.84. The number of rotatable bonds is 4. The van der Waals surface area contributed by atoms with E-state index < -0.39 is 11.4 Å². The summed E-state index contributed by atoms with van der Waals surface area (Å²) in [6.07, 6.45) is 3.87. The molecule has 0 aliphatic carbocycles. The zero-order valence-electron chi connectivity index (χ0n) is 13.1. The molecule has 2 heterocycles. The molecule has 21 heavy (non-hydrogen) atoms. The molecule has 2 N–H and O–H groups in total. The van der Waals surface area contributed by atoms with E-state index in [4.69, 9.17) is 0 Å². The van der Waals surface area contributed by atoms with Crippen molar-refractivity contribution < 1.29 is 14.7 Å². The van der Waals surface area contributed by atoms with Gasteiger partial charge in [0.25, 0.3) is 0 Å². The Labute approximate surface area is 126 Å². The van der Waals surface area contributed by atoms with Crippen LogP contribution in [0.15, 0.2) is 0 Å². The maximum absolute atomic E-state index is 12.4. The van der Waals surface area contributed by atoms with E-state index in [1.54, 1.807) is 4.90 Å². The summed E-state index contributed by atoms with van der Waals surface area (Å²) in [6, 6.07) is 0.0894. The first-order valence-corrected chi connectivity index (χ1v) is 7.94. The van der Waals surface area contributed by atoms with Crippen LogP contribution in [0.25, 0.3) is 0 Å². The summed E-state index contributed by atoms with van der Waals surface area (Å²) in [6.45, 7) is 4.87. The largest absolute Gasteiger partial charge is 0.481 e. The summed E-state index contributed by atoms with van der Waals surface area (Å²) in [4.78, 5) is 27.9. The minimum absolute atomic E-state index is 0.100. The number of nitrogens with one attached hydrogen (secondary N) is 1. The first-order valence-electron chi connectivity index (χ1n) is 7.94. The molecule has 2 aliphatic heterocycles. The van der Waals surface area contributed by atoms with Crippen LogP contribution in [0.1, 0.15) is 39.0 Å². The number of carbonyl (C=O) groups excluding carboxylic acids is 1. The van der Waals surface area contributed by atoms with Gasteiger partial charge in [-0.15, -0.1) is 0 Å². The first kappa shape index (κ1) is 16.1. The molecule has 0 spiro atoms. The van der Waals surface area contributed by atoms with E-state index in [0.717, 1.165) is 32.4 Å². The van der Waals surface area contributed by atoms with Gasteiger partial charge in [-0.25, -0.2) is 4.79 Å². The lowest BCUT2D eigenvalue weighted by molar-refractivity contribution is -0.152. The van der Waals surface area contributed by atoms with Gasteiger partial charge < -0.3 is 20.2 Å². The fraction of sp³-hybridized carbons (Fsp3) is 0.867. The Morgan fingerprint density at radius 1 is 1.38 bits per heavy atom. The predicted molar refractivity (Wildman–Crippen MR) is 80.2 cm³/mol. The van der Waals surface area contributed by atoms with Gasteiger partial charge >= 0.3 is 12.0 Å². The normalized spacial score (nSPS) is 30.4. The second kappa shape index (κ2) is 6.64. The monoisotopic (exact) mass is 297 g/mol. The Kier molecular flexibility index (Phi) is 5.08. The lowest BCUT2D eigenvalue weighted by atomic mass is 9.76. The van der Waals surface area contributed by atoms with Crippen molar-refractivity contribution in [2.24, 2.45) is 5.41 Å². The van der Waals surface area contributed by atoms with E-state index in [1.165, 1.54) is 0 Å². The van der Waals surface area contributed by atoms with Gasteiger partial charge in [0.15, 0.2) is 0 Å². The molecule has 0 aromatic carbocycles. The summed E-state index contributed by atoms with van der Waals surface area (Å²) in [5.74, 6) is -0.762. The van der Waals surface area contributed by atoms with Crippen LogP contribution in [-0.4, -0.2) is 66.2 Å². The molecule has 2 unspecified atom stereocenters. The van der Waals surface area contributed by atoms with Crippen molar-refractivity contribution in [3.05, 3.63) is 0 Å². The third kappa shape index (κ3) is 3.67. The molecular formula is C15H27N3O3. The maximum Gasteiger partial charge on any atom is 0.317 e. The number of likely N-dealkylation sites (tertiary alicyclic amines) is 2. The van der Waals surface area contributed by atoms with Crippen LogP contribution in [0, 0.1) is 5.41 Å². The quantitative estimate of drug-likeness (QED) is 0.822. The van der Waals surface area contributed by atoms with Crippen LogP contribution in [0.5, 0.6) is 0 Å². The number of piperidine rings is 1. The number of likely N-dealkylation sites (N-methyl/N-ethyl adjacent to an activating group) is 1. The fourth-order valence-electron chi connectivity index (χ4n) is 3.59. The maximum atomic E-state index is 12.4. The Hall–Kier alpha value is -1.30. The number of aliphatic carboxylic acids is 1. The highest BCUT2D eigenvalue weighted by atomic mass is 16.4. The zero-order chi connectivity index (χ0) is 15.5. The van der Waals surface area contributed by atoms with Gasteiger partial charge in [0.05, 0.1) is 5.41 Å². The zero-order valence-corrected chi connectivity index (χ0v) is 13.1. The molecule has 0 aromatic rings.